The minimum atomic E-state index is -3.59. The van der Waals surface area contributed by atoms with E-state index in [4.69, 9.17) is 4.42 Å². The van der Waals surface area contributed by atoms with E-state index in [0.29, 0.717) is 6.54 Å². The van der Waals surface area contributed by atoms with Gasteiger partial charge in [-0.2, -0.15) is 0 Å². The van der Waals surface area contributed by atoms with Gasteiger partial charge in [0.2, 0.25) is 10.0 Å². The molecular formula is C22H24ClN3O3S. The van der Waals surface area contributed by atoms with Crippen molar-refractivity contribution >= 4 is 44.2 Å². The zero-order valence-corrected chi connectivity index (χ0v) is 18.2. The van der Waals surface area contributed by atoms with Crippen LogP contribution in [0.2, 0.25) is 0 Å². The highest BCUT2D eigenvalue weighted by Gasteiger charge is 2.17. The lowest BCUT2D eigenvalue weighted by molar-refractivity contribution is 0.537. The van der Waals surface area contributed by atoms with Crippen LogP contribution < -0.4 is 10.0 Å². The summed E-state index contributed by atoms with van der Waals surface area (Å²) in [6.45, 7) is 3.12. The monoisotopic (exact) mass is 445 g/mol. The topological polar surface area (TPSA) is 84.2 Å². The van der Waals surface area contributed by atoms with Crippen molar-refractivity contribution in [1.82, 2.24) is 15.0 Å². The Kier molecular flexibility index (Phi) is 7.10. The van der Waals surface area contributed by atoms with Crippen LogP contribution in [0.25, 0.3) is 21.7 Å². The fourth-order valence-corrected chi connectivity index (χ4v) is 4.65. The van der Waals surface area contributed by atoms with Crippen LogP contribution in [-0.4, -0.2) is 32.5 Å². The second kappa shape index (κ2) is 9.57. The van der Waals surface area contributed by atoms with Crippen molar-refractivity contribution in [3.63, 3.8) is 0 Å². The number of sulfonamides is 1. The molecule has 0 aliphatic rings. The molecule has 0 saturated carbocycles. The zero-order chi connectivity index (χ0) is 20.3. The molecule has 0 radical (unpaired) electrons. The number of nitrogens with zero attached hydrogens (tertiary/aromatic N) is 1. The maximum Gasteiger partial charge on any atom is 0.240 e. The number of para-hydroxylation sites is 1. The first-order valence-electron chi connectivity index (χ1n) is 9.55. The number of halogens is 1. The van der Waals surface area contributed by atoms with Gasteiger partial charge in [-0.25, -0.2) is 13.1 Å². The predicted octanol–water partition coefficient (Wildman–Crippen LogP) is 3.90. The average Bonchev–Trinajstić information content (AvgIpc) is 3.14. The third kappa shape index (κ3) is 4.99. The number of rotatable bonds is 8. The van der Waals surface area contributed by atoms with E-state index in [0.717, 1.165) is 40.3 Å². The molecule has 0 aliphatic carbocycles. The lowest BCUT2D eigenvalue weighted by Crippen LogP contribution is -2.40. The number of benzene rings is 2. The molecule has 8 heteroatoms. The molecule has 1 atom stereocenters. The SMILES string of the molecule is CC(CNCCc1coc2ccccc12)NS(=O)(=O)c1ccc2cnccc2c1.Cl. The van der Waals surface area contributed by atoms with E-state index < -0.39 is 10.0 Å². The third-order valence-corrected chi connectivity index (χ3v) is 6.45. The highest BCUT2D eigenvalue weighted by atomic mass is 35.5. The molecule has 0 bridgehead atoms. The summed E-state index contributed by atoms with van der Waals surface area (Å²) in [6, 6.07) is 14.6. The van der Waals surface area contributed by atoms with Gasteiger partial charge in [-0.1, -0.05) is 24.3 Å². The van der Waals surface area contributed by atoms with Crippen LogP contribution in [0.5, 0.6) is 0 Å². The van der Waals surface area contributed by atoms with Gasteiger partial charge < -0.3 is 9.73 Å². The van der Waals surface area contributed by atoms with Gasteiger partial charge in [-0.05, 0) is 55.1 Å². The van der Waals surface area contributed by atoms with E-state index in [1.807, 2.05) is 31.2 Å². The molecule has 2 aromatic heterocycles. The largest absolute Gasteiger partial charge is 0.464 e. The molecule has 30 heavy (non-hydrogen) atoms. The average molecular weight is 446 g/mol. The minimum Gasteiger partial charge on any atom is -0.464 e. The summed E-state index contributed by atoms with van der Waals surface area (Å²) in [4.78, 5) is 4.31. The minimum absolute atomic E-state index is 0. The van der Waals surface area contributed by atoms with E-state index in [9.17, 15) is 8.42 Å². The summed E-state index contributed by atoms with van der Waals surface area (Å²) in [7, 11) is -3.59. The lowest BCUT2D eigenvalue weighted by atomic mass is 10.1. The van der Waals surface area contributed by atoms with Crippen LogP contribution in [0.3, 0.4) is 0 Å². The molecule has 2 heterocycles. The Bertz CT molecular complexity index is 1240. The smallest absolute Gasteiger partial charge is 0.240 e. The van der Waals surface area contributed by atoms with Gasteiger partial charge in [0.1, 0.15) is 5.58 Å². The van der Waals surface area contributed by atoms with Gasteiger partial charge in [0.05, 0.1) is 11.2 Å². The second-order valence-electron chi connectivity index (χ2n) is 7.12. The van der Waals surface area contributed by atoms with E-state index in [2.05, 4.69) is 15.0 Å². The zero-order valence-electron chi connectivity index (χ0n) is 16.5. The fourth-order valence-electron chi connectivity index (χ4n) is 3.37. The maximum atomic E-state index is 12.7. The van der Waals surface area contributed by atoms with Gasteiger partial charge in [0.25, 0.3) is 0 Å². The van der Waals surface area contributed by atoms with Gasteiger partial charge >= 0.3 is 0 Å². The maximum absolute atomic E-state index is 12.7. The van der Waals surface area contributed by atoms with Crippen molar-refractivity contribution in [3.05, 3.63) is 72.8 Å². The normalized spacial score (nSPS) is 12.7. The first-order valence-corrected chi connectivity index (χ1v) is 11.0. The molecular weight excluding hydrogens is 422 g/mol. The van der Waals surface area contributed by atoms with E-state index in [1.165, 1.54) is 0 Å². The van der Waals surface area contributed by atoms with Crippen LogP contribution in [0, 0.1) is 0 Å². The number of furan rings is 1. The van der Waals surface area contributed by atoms with Crippen LogP contribution in [0.4, 0.5) is 0 Å². The number of aromatic nitrogens is 1. The quantitative estimate of drug-likeness (QED) is 0.402. The summed E-state index contributed by atoms with van der Waals surface area (Å²) >= 11 is 0. The number of fused-ring (bicyclic) bond motifs is 2. The van der Waals surface area contributed by atoms with Crippen molar-refractivity contribution < 1.29 is 12.8 Å². The second-order valence-corrected chi connectivity index (χ2v) is 8.83. The fraction of sp³-hybridized carbons (Fsp3) is 0.227. The Morgan fingerprint density at radius 3 is 2.80 bits per heavy atom. The van der Waals surface area contributed by atoms with Crippen molar-refractivity contribution in [2.45, 2.75) is 24.3 Å². The van der Waals surface area contributed by atoms with E-state index >= 15 is 0 Å². The molecule has 0 amide bonds. The third-order valence-electron chi connectivity index (χ3n) is 4.86. The molecule has 6 nitrogen and oxygen atoms in total. The highest BCUT2D eigenvalue weighted by molar-refractivity contribution is 7.89. The van der Waals surface area contributed by atoms with Crippen molar-refractivity contribution in [3.8, 4) is 0 Å². The van der Waals surface area contributed by atoms with Crippen molar-refractivity contribution in [2.24, 2.45) is 0 Å². The predicted molar refractivity (Wildman–Crippen MR) is 122 cm³/mol. The van der Waals surface area contributed by atoms with Gasteiger partial charge in [0.15, 0.2) is 0 Å². The highest BCUT2D eigenvalue weighted by Crippen LogP contribution is 2.21. The van der Waals surface area contributed by atoms with Crippen molar-refractivity contribution in [1.29, 1.82) is 0 Å². The molecule has 0 aliphatic heterocycles. The van der Waals surface area contributed by atoms with E-state index in [-0.39, 0.29) is 23.3 Å². The Hall–Kier alpha value is -2.45. The molecule has 1 unspecified atom stereocenters. The van der Waals surface area contributed by atoms with Crippen molar-refractivity contribution in [2.75, 3.05) is 13.1 Å². The van der Waals surface area contributed by atoms with Crippen LogP contribution in [-0.2, 0) is 16.4 Å². The number of hydrogen-bond acceptors (Lipinski definition) is 5. The van der Waals surface area contributed by atoms with Gasteiger partial charge in [-0.3, -0.25) is 4.98 Å². The van der Waals surface area contributed by atoms with Crippen LogP contribution in [0.15, 0.2) is 76.5 Å². The van der Waals surface area contributed by atoms with Gasteiger partial charge in [0, 0.05) is 35.8 Å². The first-order chi connectivity index (χ1) is 14.0. The molecule has 4 aromatic rings. The molecule has 158 valence electrons. The lowest BCUT2D eigenvalue weighted by Gasteiger charge is -2.15. The Balaban J connectivity index is 0.00000256. The molecule has 2 N–H and O–H groups in total. The standard InChI is InChI=1S/C22H23N3O3S.ClH/c1-16(13-23-11-9-19-15-28-22-5-3-2-4-21(19)22)25-29(26,27)20-7-6-18-14-24-10-8-17(18)12-20;/h2-8,10,12,14-16,23,25H,9,11,13H2,1H3;1H. The molecule has 0 saturated heterocycles. The van der Waals surface area contributed by atoms with Crippen LogP contribution >= 0.6 is 12.4 Å². The molecule has 2 aromatic carbocycles. The Labute approximate surface area is 182 Å². The summed E-state index contributed by atoms with van der Waals surface area (Å²) in [6.07, 6.45) is 5.97. The molecule has 4 rings (SSSR count). The van der Waals surface area contributed by atoms with Crippen LogP contribution in [0.1, 0.15) is 12.5 Å². The van der Waals surface area contributed by atoms with E-state index in [1.54, 1.807) is 42.9 Å². The number of pyridine rings is 1. The molecule has 0 spiro atoms. The summed E-state index contributed by atoms with van der Waals surface area (Å²) in [5, 5.41) is 6.19. The summed E-state index contributed by atoms with van der Waals surface area (Å²) < 4.78 is 33.7. The van der Waals surface area contributed by atoms with Gasteiger partial charge in [-0.15, -0.1) is 12.4 Å². The Morgan fingerprint density at radius 1 is 1.10 bits per heavy atom. The number of nitrogens with one attached hydrogen (secondary N) is 2. The Morgan fingerprint density at radius 2 is 1.93 bits per heavy atom. The summed E-state index contributed by atoms with van der Waals surface area (Å²) in [5.41, 5.74) is 2.03. The first kappa shape index (κ1) is 22.2. The molecule has 0 fully saturated rings. The number of hydrogen-bond donors (Lipinski definition) is 2. The summed E-state index contributed by atoms with van der Waals surface area (Å²) in [5.74, 6) is 0.